The lowest BCUT2D eigenvalue weighted by Gasteiger charge is -2.02. The number of nitro groups is 1. The summed E-state index contributed by atoms with van der Waals surface area (Å²) < 4.78 is 6.58. The summed E-state index contributed by atoms with van der Waals surface area (Å²) in [6, 6.07) is 2.65. The molecule has 0 atom stereocenters. The van der Waals surface area contributed by atoms with E-state index in [9.17, 15) is 14.9 Å². The Morgan fingerprint density at radius 2 is 2.36 bits per heavy atom. The summed E-state index contributed by atoms with van der Waals surface area (Å²) in [6.45, 7) is 1.11. The van der Waals surface area contributed by atoms with E-state index in [4.69, 9.17) is 16.0 Å². The summed E-state index contributed by atoms with van der Waals surface area (Å²) in [4.78, 5) is 21.4. The van der Waals surface area contributed by atoms with E-state index in [1.807, 2.05) is 0 Å². The molecule has 0 fully saturated rings. The Balaban J connectivity index is 1.70. The molecule has 1 amide bonds. The third-order valence-corrected chi connectivity index (χ3v) is 2.85. The summed E-state index contributed by atoms with van der Waals surface area (Å²) in [5, 5.41) is 17.7. The molecule has 0 radical (unpaired) electrons. The third-order valence-electron chi connectivity index (χ3n) is 2.66. The predicted molar refractivity (Wildman–Crippen MR) is 79.3 cm³/mol. The zero-order chi connectivity index (χ0) is 15.9. The number of furan rings is 1. The maximum absolute atomic E-state index is 11.6. The zero-order valence-corrected chi connectivity index (χ0v) is 12.2. The molecule has 22 heavy (non-hydrogen) atoms. The normalized spacial score (nSPS) is 11.0. The van der Waals surface area contributed by atoms with Gasteiger partial charge in [-0.15, -0.1) is 0 Å². The lowest BCUT2D eigenvalue weighted by Crippen LogP contribution is -2.23. The monoisotopic (exact) mass is 324 g/mol. The average Bonchev–Trinajstić information content (AvgIpc) is 3.10. The topological polar surface area (TPSA) is 103 Å². The molecule has 0 aliphatic rings. The van der Waals surface area contributed by atoms with Crippen molar-refractivity contribution in [2.45, 2.75) is 13.0 Å². The van der Waals surface area contributed by atoms with Crippen LogP contribution in [-0.4, -0.2) is 27.2 Å². The molecule has 9 heteroatoms. The van der Waals surface area contributed by atoms with Gasteiger partial charge in [0.25, 0.3) is 0 Å². The van der Waals surface area contributed by atoms with Gasteiger partial charge in [-0.05, 0) is 18.6 Å². The number of hydrogen-bond acceptors (Lipinski definition) is 5. The first-order valence-corrected chi connectivity index (χ1v) is 6.80. The minimum Gasteiger partial charge on any atom is -0.401 e. The van der Waals surface area contributed by atoms with Crippen molar-refractivity contribution in [1.29, 1.82) is 0 Å². The SMILES string of the molecule is O=C(/C=C/c1ccc([N+](=O)[O-])o1)NCCCn1cc(Cl)cn1. The van der Waals surface area contributed by atoms with Crippen LogP contribution < -0.4 is 5.32 Å². The minimum absolute atomic E-state index is 0.244. The Kier molecular flexibility index (Phi) is 5.31. The van der Waals surface area contributed by atoms with Crippen molar-refractivity contribution in [3.63, 3.8) is 0 Å². The highest BCUT2D eigenvalue weighted by atomic mass is 35.5. The Labute approximate surface area is 130 Å². The van der Waals surface area contributed by atoms with Crippen LogP contribution in [0.5, 0.6) is 0 Å². The van der Waals surface area contributed by atoms with E-state index < -0.39 is 4.92 Å². The molecule has 116 valence electrons. The van der Waals surface area contributed by atoms with Crippen LogP contribution in [0.2, 0.25) is 5.02 Å². The lowest BCUT2D eigenvalue weighted by atomic mass is 10.3. The van der Waals surface area contributed by atoms with Crippen LogP contribution in [0.25, 0.3) is 6.08 Å². The van der Waals surface area contributed by atoms with Gasteiger partial charge < -0.3 is 9.73 Å². The fourth-order valence-corrected chi connectivity index (χ4v) is 1.82. The number of carbonyl (C=O) groups excluding carboxylic acids is 1. The zero-order valence-electron chi connectivity index (χ0n) is 11.4. The summed E-state index contributed by atoms with van der Waals surface area (Å²) in [7, 11) is 0. The highest BCUT2D eigenvalue weighted by Crippen LogP contribution is 2.16. The van der Waals surface area contributed by atoms with Crippen molar-refractivity contribution in [2.24, 2.45) is 0 Å². The third kappa shape index (κ3) is 4.74. The molecule has 0 saturated carbocycles. The smallest absolute Gasteiger partial charge is 0.401 e. The van der Waals surface area contributed by atoms with Crippen LogP contribution in [0.1, 0.15) is 12.2 Å². The van der Waals surface area contributed by atoms with Gasteiger partial charge in [-0.3, -0.25) is 19.6 Å². The van der Waals surface area contributed by atoms with Gasteiger partial charge in [0.15, 0.2) is 0 Å². The fourth-order valence-electron chi connectivity index (χ4n) is 1.66. The molecule has 0 bridgehead atoms. The van der Waals surface area contributed by atoms with Gasteiger partial charge in [0.1, 0.15) is 10.7 Å². The summed E-state index contributed by atoms with van der Waals surface area (Å²) in [5.41, 5.74) is 0. The lowest BCUT2D eigenvalue weighted by molar-refractivity contribution is -0.402. The molecule has 0 spiro atoms. The minimum atomic E-state index is -0.640. The van der Waals surface area contributed by atoms with Gasteiger partial charge in [0.2, 0.25) is 5.91 Å². The van der Waals surface area contributed by atoms with Crippen molar-refractivity contribution >= 4 is 29.5 Å². The standard InChI is InChI=1S/C13H13ClN4O4/c14-10-8-16-17(9-10)7-1-6-15-12(19)4-2-11-3-5-13(22-11)18(20)21/h2-5,8-9H,1,6-7H2,(H,15,19)/b4-2+. The first-order chi connectivity index (χ1) is 10.5. The van der Waals surface area contributed by atoms with Crippen LogP contribution in [0.15, 0.2) is 35.0 Å². The average molecular weight is 325 g/mol. The predicted octanol–water partition coefficient (Wildman–Crippen LogP) is 2.26. The first-order valence-electron chi connectivity index (χ1n) is 6.43. The molecular weight excluding hydrogens is 312 g/mol. The molecule has 0 aliphatic carbocycles. The van der Waals surface area contributed by atoms with Crippen molar-refractivity contribution in [3.05, 3.63) is 51.5 Å². The van der Waals surface area contributed by atoms with Crippen LogP contribution in [-0.2, 0) is 11.3 Å². The van der Waals surface area contributed by atoms with Crippen molar-refractivity contribution < 1.29 is 14.1 Å². The number of rotatable bonds is 7. The maximum Gasteiger partial charge on any atom is 0.433 e. The molecule has 2 aromatic heterocycles. The van der Waals surface area contributed by atoms with Crippen LogP contribution in [0.4, 0.5) is 5.88 Å². The maximum atomic E-state index is 11.6. The van der Waals surface area contributed by atoms with Crippen molar-refractivity contribution in [1.82, 2.24) is 15.1 Å². The Bertz CT molecular complexity index is 692. The number of aryl methyl sites for hydroxylation is 1. The van der Waals surface area contributed by atoms with E-state index in [0.29, 0.717) is 24.5 Å². The second-order valence-corrected chi connectivity index (χ2v) is 4.77. The molecule has 2 heterocycles. The number of nitrogens with zero attached hydrogens (tertiary/aromatic N) is 3. The number of aromatic nitrogens is 2. The van der Waals surface area contributed by atoms with Gasteiger partial charge in [0.05, 0.1) is 17.3 Å². The largest absolute Gasteiger partial charge is 0.433 e. The molecule has 2 rings (SSSR count). The molecule has 0 aliphatic heterocycles. The Hall–Kier alpha value is -2.61. The first kappa shape index (κ1) is 15.8. The van der Waals surface area contributed by atoms with Crippen LogP contribution in [0.3, 0.4) is 0 Å². The molecular formula is C13H13ClN4O4. The molecule has 0 unspecified atom stereocenters. The number of carbonyl (C=O) groups is 1. The van der Waals surface area contributed by atoms with E-state index in [1.54, 1.807) is 17.1 Å². The van der Waals surface area contributed by atoms with Crippen LogP contribution in [0, 0.1) is 10.1 Å². The Morgan fingerprint density at radius 1 is 1.55 bits per heavy atom. The van der Waals surface area contributed by atoms with E-state index in [2.05, 4.69) is 10.4 Å². The van der Waals surface area contributed by atoms with Crippen LogP contribution >= 0.6 is 11.6 Å². The van der Waals surface area contributed by atoms with Gasteiger partial charge in [-0.1, -0.05) is 11.6 Å². The highest BCUT2D eigenvalue weighted by molar-refractivity contribution is 6.30. The van der Waals surface area contributed by atoms with Gasteiger partial charge in [-0.2, -0.15) is 5.10 Å². The van der Waals surface area contributed by atoms with Gasteiger partial charge >= 0.3 is 5.88 Å². The van der Waals surface area contributed by atoms with Gasteiger partial charge in [-0.25, -0.2) is 0 Å². The van der Waals surface area contributed by atoms with Crippen molar-refractivity contribution in [2.75, 3.05) is 6.54 Å². The molecule has 8 nitrogen and oxygen atoms in total. The summed E-state index contributed by atoms with van der Waals surface area (Å²) >= 11 is 5.73. The molecule has 0 aromatic carbocycles. The second kappa shape index (κ2) is 7.41. The fraction of sp³-hybridized carbons (Fsp3) is 0.231. The van der Waals surface area contributed by atoms with Crippen molar-refractivity contribution in [3.8, 4) is 0 Å². The molecule has 0 saturated heterocycles. The summed E-state index contributed by atoms with van der Waals surface area (Å²) in [6.07, 6.45) is 6.57. The quantitative estimate of drug-likeness (QED) is 0.364. The van der Waals surface area contributed by atoms with Gasteiger partial charge in [0, 0.05) is 25.4 Å². The highest BCUT2D eigenvalue weighted by Gasteiger charge is 2.09. The molecule has 2 aromatic rings. The number of amides is 1. The van der Waals surface area contributed by atoms with E-state index in [0.717, 1.165) is 0 Å². The number of hydrogen-bond donors (Lipinski definition) is 1. The van der Waals surface area contributed by atoms with E-state index >= 15 is 0 Å². The second-order valence-electron chi connectivity index (χ2n) is 4.33. The number of halogens is 1. The van der Waals surface area contributed by atoms with E-state index in [-0.39, 0.29) is 17.6 Å². The van der Waals surface area contributed by atoms with E-state index in [1.165, 1.54) is 24.3 Å². The summed E-state index contributed by atoms with van der Waals surface area (Å²) in [5.74, 6) is -0.427. The number of nitrogens with one attached hydrogen (secondary N) is 1. The molecule has 1 N–H and O–H groups in total. The Morgan fingerprint density at radius 3 is 3.00 bits per heavy atom.